The number of hydrogen-bond acceptors (Lipinski definition) is 3. The Bertz CT molecular complexity index is 1180. The van der Waals surface area contributed by atoms with Crippen LogP contribution in [-0.4, -0.2) is 25.2 Å². The molecule has 0 saturated heterocycles. The molecule has 8 heteroatoms. The van der Waals surface area contributed by atoms with Gasteiger partial charge in [0, 0.05) is 17.3 Å². The van der Waals surface area contributed by atoms with Crippen LogP contribution in [0.3, 0.4) is 0 Å². The predicted molar refractivity (Wildman–Crippen MR) is 120 cm³/mol. The minimum atomic E-state index is -4.01. The number of nitrogens with one attached hydrogen (secondary N) is 1. The highest BCUT2D eigenvalue weighted by atomic mass is 35.5. The zero-order chi connectivity index (χ0) is 22.6. The SMILES string of the molecule is Cc1ccc(NC(=O)CN(Cc2ccc(F)cc2)S(=O)(=O)c2ccc(Cl)cc2)cc1C. The van der Waals surface area contributed by atoms with Crippen molar-refractivity contribution in [2.24, 2.45) is 0 Å². The minimum absolute atomic E-state index is 0.0120. The Morgan fingerprint density at radius 3 is 2.23 bits per heavy atom. The normalized spacial score (nSPS) is 11.5. The lowest BCUT2D eigenvalue weighted by Gasteiger charge is -2.22. The van der Waals surface area contributed by atoms with Gasteiger partial charge in [-0.2, -0.15) is 4.31 Å². The lowest BCUT2D eigenvalue weighted by molar-refractivity contribution is -0.116. The third-order valence-electron chi connectivity index (χ3n) is 4.83. The highest BCUT2D eigenvalue weighted by molar-refractivity contribution is 7.89. The Hall–Kier alpha value is -2.74. The molecule has 0 aliphatic heterocycles. The topological polar surface area (TPSA) is 66.5 Å². The van der Waals surface area contributed by atoms with E-state index in [9.17, 15) is 17.6 Å². The van der Waals surface area contributed by atoms with Gasteiger partial charge in [-0.15, -0.1) is 0 Å². The largest absolute Gasteiger partial charge is 0.325 e. The van der Waals surface area contributed by atoms with Crippen LogP contribution in [0.25, 0.3) is 0 Å². The average Bonchev–Trinajstić information content (AvgIpc) is 2.72. The number of halogens is 2. The molecule has 0 heterocycles. The number of nitrogens with zero attached hydrogens (tertiary/aromatic N) is 1. The molecule has 3 rings (SSSR count). The average molecular weight is 461 g/mol. The summed E-state index contributed by atoms with van der Waals surface area (Å²) in [6.45, 7) is 3.39. The molecule has 0 radical (unpaired) electrons. The molecule has 0 bridgehead atoms. The summed E-state index contributed by atoms with van der Waals surface area (Å²) in [7, 11) is -4.01. The van der Waals surface area contributed by atoms with Crippen molar-refractivity contribution in [3.8, 4) is 0 Å². The number of anilines is 1. The molecule has 3 aromatic rings. The van der Waals surface area contributed by atoms with Crippen molar-refractivity contribution < 1.29 is 17.6 Å². The lowest BCUT2D eigenvalue weighted by atomic mass is 10.1. The van der Waals surface area contributed by atoms with Gasteiger partial charge in [0.05, 0.1) is 11.4 Å². The standard InChI is InChI=1S/C23H22ClFN2O3S/c1-16-3-10-21(13-17(16)2)26-23(28)15-27(14-18-4-8-20(25)9-5-18)31(29,30)22-11-6-19(24)7-12-22/h3-13H,14-15H2,1-2H3,(H,26,28). The molecule has 0 aliphatic rings. The molecule has 5 nitrogen and oxygen atoms in total. The van der Waals surface area contributed by atoms with Gasteiger partial charge in [0.15, 0.2) is 0 Å². The van der Waals surface area contributed by atoms with Gasteiger partial charge in [0.2, 0.25) is 15.9 Å². The highest BCUT2D eigenvalue weighted by Gasteiger charge is 2.27. The molecule has 0 aliphatic carbocycles. The zero-order valence-corrected chi connectivity index (χ0v) is 18.7. The number of amides is 1. The molecule has 0 spiro atoms. The molecule has 3 aromatic carbocycles. The van der Waals surface area contributed by atoms with E-state index in [2.05, 4.69) is 5.32 Å². The Balaban J connectivity index is 1.87. The second kappa shape index (κ2) is 9.60. The summed E-state index contributed by atoms with van der Waals surface area (Å²) in [5.74, 6) is -0.911. The molecule has 0 fully saturated rings. The maximum absolute atomic E-state index is 13.3. The number of carbonyl (C=O) groups is 1. The second-order valence-electron chi connectivity index (χ2n) is 7.20. The van der Waals surface area contributed by atoms with Crippen LogP contribution in [0.4, 0.5) is 10.1 Å². The van der Waals surface area contributed by atoms with Crippen molar-refractivity contribution in [2.75, 3.05) is 11.9 Å². The van der Waals surface area contributed by atoms with E-state index in [-0.39, 0.29) is 11.4 Å². The minimum Gasteiger partial charge on any atom is -0.325 e. The van der Waals surface area contributed by atoms with Gasteiger partial charge in [-0.05, 0) is 79.1 Å². The molecule has 1 amide bonds. The van der Waals surface area contributed by atoms with Crippen LogP contribution in [0.2, 0.25) is 5.02 Å². The van der Waals surface area contributed by atoms with Crippen molar-refractivity contribution >= 4 is 33.2 Å². The Labute approximate surface area is 186 Å². The van der Waals surface area contributed by atoms with Crippen LogP contribution in [0.5, 0.6) is 0 Å². The van der Waals surface area contributed by atoms with E-state index in [4.69, 9.17) is 11.6 Å². The highest BCUT2D eigenvalue weighted by Crippen LogP contribution is 2.21. The Morgan fingerprint density at radius 1 is 0.968 bits per heavy atom. The fourth-order valence-corrected chi connectivity index (χ4v) is 4.47. The first kappa shape index (κ1) is 22.9. The number of rotatable bonds is 7. The molecule has 31 heavy (non-hydrogen) atoms. The predicted octanol–water partition coefficient (Wildman–Crippen LogP) is 4.93. The van der Waals surface area contributed by atoms with E-state index in [0.29, 0.717) is 16.3 Å². The van der Waals surface area contributed by atoms with Crippen LogP contribution in [-0.2, 0) is 21.4 Å². The van der Waals surface area contributed by atoms with Crippen LogP contribution < -0.4 is 5.32 Å². The summed E-state index contributed by atoms with van der Waals surface area (Å²) < 4.78 is 40.8. The lowest BCUT2D eigenvalue weighted by Crippen LogP contribution is -2.37. The number of aryl methyl sites for hydroxylation is 2. The first-order valence-electron chi connectivity index (χ1n) is 9.52. The fourth-order valence-electron chi connectivity index (χ4n) is 2.95. The van der Waals surface area contributed by atoms with Gasteiger partial charge in [0.25, 0.3) is 0 Å². The molecular formula is C23H22ClFN2O3S. The van der Waals surface area contributed by atoms with Crippen LogP contribution in [0.15, 0.2) is 71.6 Å². The molecule has 0 atom stereocenters. The van der Waals surface area contributed by atoms with Crippen LogP contribution >= 0.6 is 11.6 Å². The summed E-state index contributed by atoms with van der Waals surface area (Å²) in [5, 5.41) is 3.14. The monoisotopic (exact) mass is 460 g/mol. The van der Waals surface area contributed by atoms with Gasteiger partial charge in [-0.3, -0.25) is 4.79 Å². The summed E-state index contributed by atoms with van der Waals surface area (Å²) in [6.07, 6.45) is 0. The van der Waals surface area contributed by atoms with Crippen molar-refractivity contribution in [1.29, 1.82) is 0 Å². The van der Waals surface area contributed by atoms with Gasteiger partial charge in [0.1, 0.15) is 5.82 Å². The third-order valence-corrected chi connectivity index (χ3v) is 6.89. The first-order chi connectivity index (χ1) is 14.6. The van der Waals surface area contributed by atoms with Crippen LogP contribution in [0, 0.1) is 19.7 Å². The molecule has 162 valence electrons. The number of carbonyl (C=O) groups excluding carboxylic acids is 1. The maximum Gasteiger partial charge on any atom is 0.243 e. The van der Waals surface area contributed by atoms with Crippen molar-refractivity contribution in [1.82, 2.24) is 4.31 Å². The second-order valence-corrected chi connectivity index (χ2v) is 9.58. The summed E-state index contributed by atoms with van der Waals surface area (Å²) in [6, 6.07) is 16.7. The summed E-state index contributed by atoms with van der Waals surface area (Å²) >= 11 is 5.88. The molecule has 0 saturated carbocycles. The number of hydrogen-bond donors (Lipinski definition) is 1. The van der Waals surface area contributed by atoms with Crippen molar-refractivity contribution in [3.63, 3.8) is 0 Å². The molecule has 1 N–H and O–H groups in total. The smallest absolute Gasteiger partial charge is 0.243 e. The molecular weight excluding hydrogens is 439 g/mol. The van der Waals surface area contributed by atoms with Gasteiger partial charge < -0.3 is 5.32 Å². The Kier molecular flexibility index (Phi) is 7.10. The quantitative estimate of drug-likeness (QED) is 0.544. The maximum atomic E-state index is 13.3. The van der Waals surface area contributed by atoms with E-state index < -0.39 is 28.3 Å². The molecule has 0 aromatic heterocycles. The van der Waals surface area contributed by atoms with Crippen molar-refractivity contribution in [2.45, 2.75) is 25.3 Å². The van der Waals surface area contributed by atoms with Gasteiger partial charge in [-0.1, -0.05) is 29.8 Å². The zero-order valence-electron chi connectivity index (χ0n) is 17.1. The first-order valence-corrected chi connectivity index (χ1v) is 11.3. The van der Waals surface area contributed by atoms with E-state index in [1.165, 1.54) is 48.5 Å². The Morgan fingerprint density at radius 2 is 1.61 bits per heavy atom. The fraction of sp³-hybridized carbons (Fsp3) is 0.174. The summed E-state index contributed by atoms with van der Waals surface area (Å²) in [5.41, 5.74) is 3.23. The van der Waals surface area contributed by atoms with E-state index in [1.807, 2.05) is 26.0 Å². The van der Waals surface area contributed by atoms with Crippen LogP contribution in [0.1, 0.15) is 16.7 Å². The number of sulfonamides is 1. The number of benzene rings is 3. The summed E-state index contributed by atoms with van der Waals surface area (Å²) in [4.78, 5) is 12.7. The van der Waals surface area contributed by atoms with E-state index in [1.54, 1.807) is 6.07 Å². The van der Waals surface area contributed by atoms with Gasteiger partial charge in [-0.25, -0.2) is 12.8 Å². The third kappa shape index (κ3) is 5.91. The molecule has 0 unspecified atom stereocenters. The van der Waals surface area contributed by atoms with E-state index in [0.717, 1.165) is 15.4 Å². The van der Waals surface area contributed by atoms with E-state index >= 15 is 0 Å². The van der Waals surface area contributed by atoms with Crippen molar-refractivity contribution in [3.05, 3.63) is 94.3 Å². The van der Waals surface area contributed by atoms with Gasteiger partial charge >= 0.3 is 0 Å².